The number of aromatic nitrogens is 3. The van der Waals surface area contributed by atoms with Crippen LogP contribution in [0.3, 0.4) is 0 Å². The van der Waals surface area contributed by atoms with Gasteiger partial charge in [-0.3, -0.25) is 4.90 Å². The van der Waals surface area contributed by atoms with Crippen molar-refractivity contribution in [2.45, 2.75) is 64.8 Å². The predicted molar refractivity (Wildman–Crippen MR) is 74.6 cm³/mol. The van der Waals surface area contributed by atoms with E-state index in [1.807, 2.05) is 4.68 Å². The molecule has 2 atom stereocenters. The molecule has 5 heteroatoms. The van der Waals surface area contributed by atoms with E-state index in [1.165, 1.54) is 6.42 Å². The first kappa shape index (κ1) is 14.5. The molecular formula is C14H26N4O. The van der Waals surface area contributed by atoms with Crippen molar-refractivity contribution in [3.05, 3.63) is 12.2 Å². The fourth-order valence-electron chi connectivity index (χ4n) is 2.86. The third kappa shape index (κ3) is 3.76. The van der Waals surface area contributed by atoms with Crippen LogP contribution in [0.1, 0.15) is 45.4 Å². The van der Waals surface area contributed by atoms with E-state index < -0.39 is 0 Å². The Hall–Kier alpha value is -0.940. The van der Waals surface area contributed by atoms with E-state index in [4.69, 9.17) is 0 Å². The summed E-state index contributed by atoms with van der Waals surface area (Å²) in [5.41, 5.74) is 0. The van der Waals surface area contributed by atoms with Gasteiger partial charge >= 0.3 is 0 Å². The lowest BCUT2D eigenvalue weighted by Crippen LogP contribution is -2.43. The van der Waals surface area contributed by atoms with E-state index in [1.54, 1.807) is 6.33 Å². The van der Waals surface area contributed by atoms with Crippen LogP contribution in [0.15, 0.2) is 6.33 Å². The molecule has 0 bridgehead atoms. The van der Waals surface area contributed by atoms with Crippen LogP contribution in [0.25, 0.3) is 0 Å². The number of hydrogen-bond acceptors (Lipinski definition) is 4. The molecule has 108 valence electrons. The van der Waals surface area contributed by atoms with Gasteiger partial charge in [-0.25, -0.2) is 9.67 Å². The van der Waals surface area contributed by atoms with Gasteiger partial charge in [0.2, 0.25) is 0 Å². The van der Waals surface area contributed by atoms with Crippen LogP contribution in [-0.2, 0) is 13.1 Å². The summed E-state index contributed by atoms with van der Waals surface area (Å²) in [5.74, 6) is 1.56. The summed E-state index contributed by atoms with van der Waals surface area (Å²) in [6.45, 7) is 6.02. The highest BCUT2D eigenvalue weighted by Gasteiger charge is 2.27. The molecule has 0 saturated heterocycles. The SMILES string of the molecule is CC(C)Cn1ncnc1CN(C)C1CCCCC1O. The van der Waals surface area contributed by atoms with Crippen LogP contribution in [0.2, 0.25) is 0 Å². The van der Waals surface area contributed by atoms with Crippen LogP contribution < -0.4 is 0 Å². The fraction of sp³-hybridized carbons (Fsp3) is 0.857. The van der Waals surface area contributed by atoms with Crippen molar-refractivity contribution in [3.63, 3.8) is 0 Å². The Kier molecular flexibility index (Phi) is 4.93. The summed E-state index contributed by atoms with van der Waals surface area (Å²) < 4.78 is 1.98. The van der Waals surface area contributed by atoms with E-state index in [-0.39, 0.29) is 12.1 Å². The van der Waals surface area contributed by atoms with Crippen molar-refractivity contribution in [2.24, 2.45) is 5.92 Å². The molecular weight excluding hydrogens is 240 g/mol. The van der Waals surface area contributed by atoms with Gasteiger partial charge in [0.25, 0.3) is 0 Å². The number of hydrogen-bond donors (Lipinski definition) is 1. The number of aliphatic hydroxyl groups is 1. The molecule has 19 heavy (non-hydrogen) atoms. The molecule has 5 nitrogen and oxygen atoms in total. The normalized spacial score (nSPS) is 24.3. The van der Waals surface area contributed by atoms with Crippen LogP contribution in [-0.4, -0.2) is 44.0 Å². The van der Waals surface area contributed by atoms with Gasteiger partial charge in [-0.05, 0) is 25.8 Å². The Morgan fingerprint density at radius 3 is 2.84 bits per heavy atom. The summed E-state index contributed by atoms with van der Waals surface area (Å²) in [6, 6.07) is 0.262. The van der Waals surface area contributed by atoms with Crippen LogP contribution in [0, 0.1) is 5.92 Å². The van der Waals surface area contributed by atoms with Crippen LogP contribution in [0.5, 0.6) is 0 Å². The molecule has 0 aliphatic heterocycles. The average molecular weight is 266 g/mol. The van der Waals surface area contributed by atoms with Gasteiger partial charge in [-0.15, -0.1) is 0 Å². The third-order valence-electron chi connectivity index (χ3n) is 3.88. The van der Waals surface area contributed by atoms with Gasteiger partial charge in [-0.1, -0.05) is 26.7 Å². The van der Waals surface area contributed by atoms with Crippen molar-refractivity contribution in [1.29, 1.82) is 0 Å². The molecule has 1 aromatic rings. The first-order chi connectivity index (χ1) is 9.08. The summed E-state index contributed by atoms with van der Waals surface area (Å²) in [7, 11) is 2.08. The summed E-state index contributed by atoms with van der Waals surface area (Å²) in [6.07, 6.45) is 5.80. The van der Waals surface area contributed by atoms with Crippen molar-refractivity contribution in [2.75, 3.05) is 7.05 Å². The molecule has 0 radical (unpaired) electrons. The maximum atomic E-state index is 10.1. The van der Waals surface area contributed by atoms with Gasteiger partial charge in [0.15, 0.2) is 0 Å². The molecule has 0 aromatic carbocycles. The minimum Gasteiger partial charge on any atom is -0.391 e. The molecule has 0 spiro atoms. The highest BCUT2D eigenvalue weighted by molar-refractivity contribution is 4.89. The lowest BCUT2D eigenvalue weighted by atomic mass is 9.91. The molecule has 1 aromatic heterocycles. The standard InChI is InChI=1S/C14H26N4O/c1-11(2)8-18-14(15-10-16-18)9-17(3)12-6-4-5-7-13(12)19/h10-13,19H,4-9H2,1-3H3. The Morgan fingerprint density at radius 2 is 2.16 bits per heavy atom. The largest absolute Gasteiger partial charge is 0.391 e. The number of likely N-dealkylation sites (N-methyl/N-ethyl adjacent to an activating group) is 1. The Balaban J connectivity index is 1.98. The molecule has 1 aliphatic carbocycles. The lowest BCUT2D eigenvalue weighted by Gasteiger charge is -2.34. The maximum Gasteiger partial charge on any atom is 0.141 e. The first-order valence-electron chi connectivity index (χ1n) is 7.33. The zero-order valence-corrected chi connectivity index (χ0v) is 12.3. The van der Waals surface area contributed by atoms with E-state index in [0.29, 0.717) is 5.92 Å². The topological polar surface area (TPSA) is 54.2 Å². The molecule has 0 amide bonds. The zero-order valence-electron chi connectivity index (χ0n) is 12.3. The maximum absolute atomic E-state index is 10.1. The van der Waals surface area contributed by atoms with Gasteiger partial charge in [0, 0.05) is 12.6 Å². The Morgan fingerprint density at radius 1 is 1.42 bits per heavy atom. The molecule has 1 fully saturated rings. The van der Waals surface area contributed by atoms with Crippen molar-refractivity contribution < 1.29 is 5.11 Å². The van der Waals surface area contributed by atoms with Gasteiger partial charge < -0.3 is 5.11 Å². The zero-order chi connectivity index (χ0) is 13.8. The Labute approximate surface area is 115 Å². The van der Waals surface area contributed by atoms with E-state index in [2.05, 4.69) is 35.9 Å². The second-order valence-electron chi connectivity index (χ2n) is 6.09. The third-order valence-corrected chi connectivity index (χ3v) is 3.88. The minimum atomic E-state index is -0.194. The van der Waals surface area contributed by atoms with Crippen LogP contribution in [0.4, 0.5) is 0 Å². The van der Waals surface area contributed by atoms with Crippen LogP contribution >= 0.6 is 0 Å². The van der Waals surface area contributed by atoms with Crippen molar-refractivity contribution in [3.8, 4) is 0 Å². The lowest BCUT2D eigenvalue weighted by molar-refractivity contribution is 0.0271. The number of nitrogens with zero attached hydrogens (tertiary/aromatic N) is 4. The highest BCUT2D eigenvalue weighted by atomic mass is 16.3. The van der Waals surface area contributed by atoms with Crippen molar-refractivity contribution in [1.82, 2.24) is 19.7 Å². The summed E-state index contributed by atoms with van der Waals surface area (Å²) in [4.78, 5) is 6.58. The molecule has 2 unspecified atom stereocenters. The summed E-state index contributed by atoms with van der Waals surface area (Å²) >= 11 is 0. The van der Waals surface area contributed by atoms with Crippen molar-refractivity contribution >= 4 is 0 Å². The van der Waals surface area contributed by atoms with E-state index in [0.717, 1.165) is 38.2 Å². The van der Waals surface area contributed by atoms with E-state index >= 15 is 0 Å². The number of rotatable bonds is 5. The second-order valence-corrected chi connectivity index (χ2v) is 6.09. The minimum absolute atomic E-state index is 0.194. The summed E-state index contributed by atoms with van der Waals surface area (Å²) in [5, 5.41) is 14.4. The Bertz CT molecular complexity index is 391. The van der Waals surface area contributed by atoms with E-state index in [9.17, 15) is 5.11 Å². The fourth-order valence-corrected chi connectivity index (χ4v) is 2.86. The molecule has 2 rings (SSSR count). The predicted octanol–water partition coefficient (Wildman–Crippen LogP) is 1.67. The monoisotopic (exact) mass is 266 g/mol. The number of aliphatic hydroxyl groups excluding tert-OH is 1. The van der Waals surface area contributed by atoms with Gasteiger partial charge in [-0.2, -0.15) is 5.10 Å². The smallest absolute Gasteiger partial charge is 0.141 e. The first-order valence-corrected chi connectivity index (χ1v) is 7.33. The average Bonchev–Trinajstić information content (AvgIpc) is 2.76. The molecule has 1 saturated carbocycles. The van der Waals surface area contributed by atoms with Gasteiger partial charge in [0.05, 0.1) is 12.6 Å². The second kappa shape index (κ2) is 6.48. The molecule has 1 aliphatic rings. The molecule has 1 heterocycles. The molecule has 1 N–H and O–H groups in total. The quantitative estimate of drug-likeness (QED) is 0.881. The van der Waals surface area contributed by atoms with Gasteiger partial charge in [0.1, 0.15) is 12.2 Å². The highest BCUT2D eigenvalue weighted by Crippen LogP contribution is 2.23.